The first-order valence-electron chi connectivity index (χ1n) is 6.21. The second-order valence-corrected chi connectivity index (χ2v) is 4.52. The predicted molar refractivity (Wildman–Crippen MR) is 63.1 cm³/mol. The van der Waals surface area contributed by atoms with Crippen LogP contribution >= 0.6 is 0 Å². The highest BCUT2D eigenvalue weighted by molar-refractivity contribution is 5.04. The molecular weight excluding hydrogens is 202 g/mol. The largest absolute Gasteiger partial charge is 0.387 e. The summed E-state index contributed by atoms with van der Waals surface area (Å²) in [4.78, 5) is 0. The summed E-state index contributed by atoms with van der Waals surface area (Å²) < 4.78 is 1.88. The Labute approximate surface area is 96.7 Å². The summed E-state index contributed by atoms with van der Waals surface area (Å²) in [6.07, 6.45) is 4.64. The zero-order valence-electron chi connectivity index (χ0n) is 9.89. The topological polar surface area (TPSA) is 50.1 Å². The van der Waals surface area contributed by atoms with Crippen LogP contribution in [-0.4, -0.2) is 28.0 Å². The Hall–Kier alpha value is -0.870. The lowest BCUT2D eigenvalue weighted by molar-refractivity contribution is 0.125. The Morgan fingerprint density at radius 2 is 2.31 bits per heavy atom. The number of hydrogen-bond acceptors (Lipinski definition) is 3. The molecule has 90 valence electrons. The summed E-state index contributed by atoms with van der Waals surface area (Å²) in [6, 6.07) is 1.93. The molecule has 0 aliphatic carbocycles. The highest BCUT2D eigenvalue weighted by Crippen LogP contribution is 2.26. The number of aliphatic hydroxyl groups is 1. The summed E-state index contributed by atoms with van der Waals surface area (Å²) in [5, 5.41) is 17.7. The van der Waals surface area contributed by atoms with E-state index in [-0.39, 0.29) is 6.10 Å². The molecule has 2 rings (SSSR count). The van der Waals surface area contributed by atoms with Crippen LogP contribution < -0.4 is 5.32 Å². The molecule has 1 fully saturated rings. The molecule has 1 aliphatic rings. The fraction of sp³-hybridized carbons (Fsp3) is 0.750. The first-order chi connectivity index (χ1) is 7.81. The number of aromatic nitrogens is 2. The van der Waals surface area contributed by atoms with Crippen LogP contribution in [0.2, 0.25) is 0 Å². The summed E-state index contributed by atoms with van der Waals surface area (Å²) in [6.45, 7) is 5.05. The molecule has 1 aromatic rings. The fourth-order valence-corrected chi connectivity index (χ4v) is 2.44. The van der Waals surface area contributed by atoms with Crippen molar-refractivity contribution in [2.24, 2.45) is 5.92 Å². The standard InChI is InChI=1S/C12H21N3O/c1-2-15-11(5-8-14-15)12(16)9-10-3-6-13-7-4-10/h5,8,10,12-13,16H,2-4,6-7,9H2,1H3. The van der Waals surface area contributed by atoms with Crippen molar-refractivity contribution in [2.75, 3.05) is 13.1 Å². The van der Waals surface area contributed by atoms with Crippen molar-refractivity contribution in [3.8, 4) is 0 Å². The number of nitrogens with zero attached hydrogens (tertiary/aromatic N) is 2. The minimum absolute atomic E-state index is 0.356. The Morgan fingerprint density at radius 3 is 3.00 bits per heavy atom. The molecule has 0 saturated carbocycles. The second kappa shape index (κ2) is 5.46. The molecule has 0 aromatic carbocycles. The van der Waals surface area contributed by atoms with Gasteiger partial charge in [-0.2, -0.15) is 5.10 Å². The van der Waals surface area contributed by atoms with Crippen LogP contribution in [0, 0.1) is 5.92 Å². The van der Waals surface area contributed by atoms with E-state index < -0.39 is 0 Å². The minimum atomic E-state index is -0.356. The monoisotopic (exact) mass is 223 g/mol. The van der Waals surface area contributed by atoms with Crippen molar-refractivity contribution in [1.82, 2.24) is 15.1 Å². The summed E-state index contributed by atoms with van der Waals surface area (Å²) in [5.74, 6) is 0.649. The van der Waals surface area contributed by atoms with E-state index >= 15 is 0 Å². The van der Waals surface area contributed by atoms with Crippen LogP contribution in [0.5, 0.6) is 0 Å². The summed E-state index contributed by atoms with van der Waals surface area (Å²) in [7, 11) is 0. The van der Waals surface area contributed by atoms with Gasteiger partial charge in [-0.15, -0.1) is 0 Å². The number of rotatable bonds is 4. The van der Waals surface area contributed by atoms with Gasteiger partial charge in [0, 0.05) is 12.7 Å². The van der Waals surface area contributed by atoms with E-state index in [0.29, 0.717) is 5.92 Å². The van der Waals surface area contributed by atoms with E-state index in [1.807, 2.05) is 17.7 Å². The highest BCUT2D eigenvalue weighted by Gasteiger charge is 2.20. The first kappa shape index (κ1) is 11.6. The summed E-state index contributed by atoms with van der Waals surface area (Å²) in [5.41, 5.74) is 0.959. The summed E-state index contributed by atoms with van der Waals surface area (Å²) >= 11 is 0. The van der Waals surface area contributed by atoms with E-state index in [1.165, 1.54) is 12.8 Å². The zero-order chi connectivity index (χ0) is 11.4. The average molecular weight is 223 g/mol. The lowest BCUT2D eigenvalue weighted by Crippen LogP contribution is -2.28. The minimum Gasteiger partial charge on any atom is -0.387 e. The van der Waals surface area contributed by atoms with E-state index in [2.05, 4.69) is 10.4 Å². The van der Waals surface area contributed by atoms with Crippen LogP contribution in [0.3, 0.4) is 0 Å². The van der Waals surface area contributed by atoms with Crippen LogP contribution in [0.1, 0.15) is 38.0 Å². The molecule has 2 N–H and O–H groups in total. The molecule has 1 aliphatic heterocycles. The van der Waals surface area contributed by atoms with Crippen molar-refractivity contribution in [1.29, 1.82) is 0 Å². The van der Waals surface area contributed by atoms with Gasteiger partial charge < -0.3 is 10.4 Å². The van der Waals surface area contributed by atoms with Gasteiger partial charge in [0.1, 0.15) is 0 Å². The van der Waals surface area contributed by atoms with Crippen molar-refractivity contribution in [2.45, 2.75) is 38.8 Å². The van der Waals surface area contributed by atoms with Crippen molar-refractivity contribution in [3.63, 3.8) is 0 Å². The second-order valence-electron chi connectivity index (χ2n) is 4.52. The maximum Gasteiger partial charge on any atom is 0.0959 e. The maximum atomic E-state index is 10.2. The van der Waals surface area contributed by atoms with E-state index in [9.17, 15) is 5.11 Å². The van der Waals surface area contributed by atoms with Crippen LogP contribution in [0.25, 0.3) is 0 Å². The quantitative estimate of drug-likeness (QED) is 0.809. The van der Waals surface area contributed by atoms with Crippen molar-refractivity contribution < 1.29 is 5.11 Å². The molecule has 4 heteroatoms. The SMILES string of the molecule is CCn1nccc1C(O)CC1CCNCC1. The Kier molecular flexibility index (Phi) is 3.96. The molecule has 4 nitrogen and oxygen atoms in total. The van der Waals surface area contributed by atoms with Crippen molar-refractivity contribution >= 4 is 0 Å². The molecule has 0 spiro atoms. The Balaban J connectivity index is 1.93. The van der Waals surface area contributed by atoms with E-state index in [4.69, 9.17) is 0 Å². The van der Waals surface area contributed by atoms with Gasteiger partial charge in [0.25, 0.3) is 0 Å². The van der Waals surface area contributed by atoms with E-state index in [1.54, 1.807) is 6.20 Å². The normalized spacial score (nSPS) is 19.9. The van der Waals surface area contributed by atoms with Crippen LogP contribution in [0.4, 0.5) is 0 Å². The highest BCUT2D eigenvalue weighted by atomic mass is 16.3. The predicted octanol–water partition coefficient (Wildman–Crippen LogP) is 1.33. The van der Waals surface area contributed by atoms with Crippen molar-refractivity contribution in [3.05, 3.63) is 18.0 Å². The molecular formula is C12H21N3O. The number of nitrogens with one attached hydrogen (secondary N) is 1. The van der Waals surface area contributed by atoms with E-state index in [0.717, 1.165) is 31.7 Å². The number of aliphatic hydroxyl groups excluding tert-OH is 1. The van der Waals surface area contributed by atoms with Gasteiger partial charge in [-0.05, 0) is 51.3 Å². The lowest BCUT2D eigenvalue weighted by atomic mass is 9.91. The van der Waals surface area contributed by atoms with Gasteiger partial charge in [-0.3, -0.25) is 4.68 Å². The third-order valence-corrected chi connectivity index (χ3v) is 3.41. The molecule has 1 saturated heterocycles. The zero-order valence-corrected chi connectivity index (χ0v) is 9.89. The van der Waals surface area contributed by atoms with Gasteiger partial charge in [-0.1, -0.05) is 0 Å². The smallest absolute Gasteiger partial charge is 0.0959 e. The van der Waals surface area contributed by atoms with Gasteiger partial charge in [0.2, 0.25) is 0 Å². The molecule has 0 bridgehead atoms. The molecule has 1 unspecified atom stereocenters. The van der Waals surface area contributed by atoms with Gasteiger partial charge in [0.15, 0.2) is 0 Å². The average Bonchev–Trinajstić information content (AvgIpc) is 2.78. The third-order valence-electron chi connectivity index (χ3n) is 3.41. The van der Waals surface area contributed by atoms with Gasteiger partial charge in [0.05, 0.1) is 11.8 Å². The molecule has 1 atom stereocenters. The van der Waals surface area contributed by atoms with Gasteiger partial charge in [-0.25, -0.2) is 0 Å². The van der Waals surface area contributed by atoms with Crippen LogP contribution in [-0.2, 0) is 6.54 Å². The fourth-order valence-electron chi connectivity index (χ4n) is 2.44. The molecule has 16 heavy (non-hydrogen) atoms. The molecule has 0 amide bonds. The first-order valence-corrected chi connectivity index (χ1v) is 6.21. The Morgan fingerprint density at radius 1 is 1.56 bits per heavy atom. The third kappa shape index (κ3) is 2.62. The molecule has 1 aromatic heterocycles. The van der Waals surface area contributed by atoms with Crippen LogP contribution in [0.15, 0.2) is 12.3 Å². The number of aryl methyl sites for hydroxylation is 1. The Bertz CT molecular complexity index is 318. The molecule has 2 heterocycles. The lowest BCUT2D eigenvalue weighted by Gasteiger charge is -2.25. The number of hydrogen-bond donors (Lipinski definition) is 2. The maximum absolute atomic E-state index is 10.2. The van der Waals surface area contributed by atoms with Gasteiger partial charge >= 0.3 is 0 Å². The number of piperidine rings is 1. The molecule has 0 radical (unpaired) electrons.